The predicted molar refractivity (Wildman–Crippen MR) is 133 cm³/mol. The fourth-order valence-corrected chi connectivity index (χ4v) is 4.99. The monoisotopic (exact) mass is 620 g/mol. The minimum absolute atomic E-state index is 0.00928. The molecule has 0 N–H and O–H groups in total. The predicted octanol–water partition coefficient (Wildman–Crippen LogP) is 5.77. The van der Waals surface area contributed by atoms with E-state index >= 15 is 0 Å². The smallest absolute Gasteiger partial charge is 0.333 e. The van der Waals surface area contributed by atoms with Crippen LogP contribution in [0.5, 0.6) is 0 Å². The van der Waals surface area contributed by atoms with E-state index in [0.29, 0.717) is 30.7 Å². The van der Waals surface area contributed by atoms with E-state index in [0.717, 1.165) is 6.26 Å². The van der Waals surface area contributed by atoms with Crippen molar-refractivity contribution in [2.75, 3.05) is 39.0 Å². The van der Waals surface area contributed by atoms with Gasteiger partial charge in [-0.3, -0.25) is 13.9 Å². The first-order valence-corrected chi connectivity index (χ1v) is 14.1. The number of carbonyl (C=O) groups is 1. The highest BCUT2D eigenvalue weighted by molar-refractivity contribution is 7.85. The zero-order valence-electron chi connectivity index (χ0n) is 20.5. The lowest BCUT2D eigenvalue weighted by Gasteiger charge is -2.42. The van der Waals surface area contributed by atoms with Crippen molar-refractivity contribution in [3.05, 3.63) is 68.7 Å². The van der Waals surface area contributed by atoms with E-state index in [-0.39, 0.29) is 48.8 Å². The second-order valence-corrected chi connectivity index (χ2v) is 11.5. The van der Waals surface area contributed by atoms with Crippen LogP contribution in [-0.2, 0) is 33.1 Å². The fourth-order valence-electron chi connectivity index (χ4n) is 4.25. The Kier molecular flexibility index (Phi) is 9.85. The van der Waals surface area contributed by atoms with Crippen molar-refractivity contribution in [1.82, 2.24) is 9.80 Å². The number of rotatable bonds is 8. The number of alkyl halides is 6. The molecule has 2 aromatic rings. The lowest BCUT2D eigenvalue weighted by Crippen LogP contribution is -2.56. The number of piperazine rings is 1. The molecule has 2 aromatic carbocycles. The van der Waals surface area contributed by atoms with Crippen LogP contribution in [0.3, 0.4) is 0 Å². The molecule has 1 heterocycles. The van der Waals surface area contributed by atoms with Gasteiger partial charge in [-0.2, -0.15) is 34.8 Å². The van der Waals surface area contributed by atoms with E-state index in [1.54, 1.807) is 12.1 Å². The minimum Gasteiger partial charge on any atom is -0.333 e. The third-order valence-electron chi connectivity index (χ3n) is 6.03. The molecule has 3 rings (SSSR count). The molecule has 0 radical (unpaired) electrons. The Balaban J connectivity index is 1.89. The Labute approximate surface area is 231 Å². The largest absolute Gasteiger partial charge is 0.416 e. The van der Waals surface area contributed by atoms with Crippen molar-refractivity contribution in [2.24, 2.45) is 0 Å². The molecule has 15 heteroatoms. The molecule has 216 valence electrons. The molecule has 1 fully saturated rings. The summed E-state index contributed by atoms with van der Waals surface area (Å²) in [4.78, 5) is 16.6. The van der Waals surface area contributed by atoms with Gasteiger partial charge in [0.2, 0.25) is 0 Å². The maximum absolute atomic E-state index is 13.4. The van der Waals surface area contributed by atoms with Gasteiger partial charge in [0.05, 0.1) is 34.0 Å². The molecular formula is C24H24Cl2F6N2O4S. The van der Waals surface area contributed by atoms with Crippen molar-refractivity contribution >= 4 is 39.2 Å². The molecule has 0 aliphatic carbocycles. The summed E-state index contributed by atoms with van der Waals surface area (Å²) in [6.07, 6.45) is -8.75. The van der Waals surface area contributed by atoms with Crippen molar-refractivity contribution in [1.29, 1.82) is 0 Å². The molecule has 0 aromatic heterocycles. The van der Waals surface area contributed by atoms with Gasteiger partial charge in [0.15, 0.2) is 0 Å². The molecule has 0 bridgehead atoms. The molecule has 6 nitrogen and oxygen atoms in total. The summed E-state index contributed by atoms with van der Waals surface area (Å²) < 4.78 is 107. The Morgan fingerprint density at radius 1 is 0.974 bits per heavy atom. The summed E-state index contributed by atoms with van der Waals surface area (Å²) in [5.74, 6) is -0.975. The summed E-state index contributed by atoms with van der Waals surface area (Å²) in [6, 6.07) is 4.92. The van der Waals surface area contributed by atoms with E-state index in [1.165, 1.54) is 11.0 Å². The number of nitrogens with zero attached hydrogens (tertiary/aromatic N) is 2. The van der Waals surface area contributed by atoms with Crippen LogP contribution in [0.25, 0.3) is 0 Å². The first kappa shape index (κ1) is 31.5. The molecule has 1 aliphatic heterocycles. The lowest BCUT2D eigenvalue weighted by atomic mass is 9.99. The topological polar surface area (TPSA) is 66.9 Å². The van der Waals surface area contributed by atoms with E-state index < -0.39 is 51.1 Å². The maximum atomic E-state index is 13.4. The second-order valence-electron chi connectivity index (χ2n) is 9.08. The van der Waals surface area contributed by atoms with Crippen LogP contribution < -0.4 is 0 Å². The van der Waals surface area contributed by atoms with Crippen molar-refractivity contribution in [3.8, 4) is 0 Å². The summed E-state index contributed by atoms with van der Waals surface area (Å²) in [6.45, 7) is 0.802. The normalized spacial score (nSPS) is 17.5. The summed E-state index contributed by atoms with van der Waals surface area (Å²) >= 11 is 12.1. The van der Waals surface area contributed by atoms with E-state index in [4.69, 9.17) is 27.4 Å². The Morgan fingerprint density at radius 2 is 1.59 bits per heavy atom. The van der Waals surface area contributed by atoms with Crippen LogP contribution in [0.2, 0.25) is 10.0 Å². The van der Waals surface area contributed by atoms with Gasteiger partial charge in [-0.25, -0.2) is 0 Å². The number of hydrogen-bond donors (Lipinski definition) is 0. The number of hydrogen-bond acceptors (Lipinski definition) is 5. The van der Waals surface area contributed by atoms with Crippen LogP contribution in [0, 0.1) is 0 Å². The van der Waals surface area contributed by atoms with Gasteiger partial charge in [0.25, 0.3) is 16.0 Å². The first-order valence-electron chi connectivity index (χ1n) is 11.5. The Morgan fingerprint density at radius 3 is 2.13 bits per heavy atom. The van der Waals surface area contributed by atoms with Crippen LogP contribution in [0.1, 0.15) is 33.5 Å². The summed E-state index contributed by atoms with van der Waals surface area (Å²) in [7, 11) is -3.62. The molecule has 0 spiro atoms. The highest BCUT2D eigenvalue weighted by Crippen LogP contribution is 2.37. The quantitative estimate of drug-likeness (QED) is 0.213. The number of benzene rings is 2. The third kappa shape index (κ3) is 8.97. The van der Waals surface area contributed by atoms with Gasteiger partial charge in [-0.1, -0.05) is 29.3 Å². The second kappa shape index (κ2) is 12.2. The van der Waals surface area contributed by atoms with Crippen LogP contribution >= 0.6 is 23.2 Å². The lowest BCUT2D eigenvalue weighted by molar-refractivity contribution is -0.143. The maximum Gasteiger partial charge on any atom is 0.416 e. The molecule has 39 heavy (non-hydrogen) atoms. The number of amides is 1. The van der Waals surface area contributed by atoms with Gasteiger partial charge < -0.3 is 4.90 Å². The van der Waals surface area contributed by atoms with E-state index in [1.807, 2.05) is 4.90 Å². The van der Waals surface area contributed by atoms with Crippen LogP contribution in [-0.4, -0.2) is 69.2 Å². The minimum atomic E-state index is -5.09. The third-order valence-corrected chi connectivity index (χ3v) is 7.37. The fraction of sp³-hybridized carbons (Fsp3) is 0.458. The molecule has 1 saturated heterocycles. The SMILES string of the molecule is CS(=O)(=O)OCCCN1CCN(C(=O)c2cc(C(F)(F)F)cc(C(F)(F)F)c2)[C@H](Cc2ccc(Cl)c(Cl)c2)C1. The zero-order chi connectivity index (χ0) is 29.2. The molecule has 0 unspecified atom stereocenters. The van der Waals surface area contributed by atoms with E-state index in [9.17, 15) is 39.6 Å². The average Bonchev–Trinajstić information content (AvgIpc) is 2.82. The molecule has 0 saturated carbocycles. The van der Waals surface area contributed by atoms with E-state index in [2.05, 4.69) is 0 Å². The van der Waals surface area contributed by atoms with Gasteiger partial charge in [-0.15, -0.1) is 0 Å². The molecule has 1 aliphatic rings. The van der Waals surface area contributed by atoms with Crippen LogP contribution in [0.4, 0.5) is 26.3 Å². The molecule has 1 amide bonds. The van der Waals surface area contributed by atoms with Crippen molar-refractivity contribution in [3.63, 3.8) is 0 Å². The Hall–Kier alpha value is -2.06. The van der Waals surface area contributed by atoms with Crippen molar-refractivity contribution < 1.29 is 43.7 Å². The van der Waals surface area contributed by atoms with Gasteiger partial charge in [-0.05, 0) is 48.7 Å². The standard InChI is InChI=1S/C24H24Cl2F6N2O4S/c1-39(36,37)38-8-2-5-33-6-7-34(19(14-33)9-15-3-4-20(25)21(26)10-15)22(35)16-11-17(23(27,28)29)13-18(12-16)24(30,31)32/h3-4,10-13,19H,2,5-9,14H2,1H3/t19-/m1/s1. The molecule has 1 atom stereocenters. The number of halogens is 8. The summed E-state index contributed by atoms with van der Waals surface area (Å²) in [5.41, 5.74) is -3.24. The van der Waals surface area contributed by atoms with Gasteiger partial charge in [0, 0.05) is 37.8 Å². The Bertz CT molecular complexity index is 1270. The highest BCUT2D eigenvalue weighted by atomic mass is 35.5. The summed E-state index contributed by atoms with van der Waals surface area (Å²) in [5, 5.41) is 0.526. The first-order chi connectivity index (χ1) is 17.9. The van der Waals surface area contributed by atoms with Crippen molar-refractivity contribution in [2.45, 2.75) is 31.2 Å². The zero-order valence-corrected chi connectivity index (χ0v) is 22.8. The van der Waals surface area contributed by atoms with Gasteiger partial charge in [0.1, 0.15) is 0 Å². The highest BCUT2D eigenvalue weighted by Gasteiger charge is 2.39. The average molecular weight is 621 g/mol. The number of carbonyl (C=O) groups excluding carboxylic acids is 1. The molecular weight excluding hydrogens is 597 g/mol. The van der Waals surface area contributed by atoms with Gasteiger partial charge >= 0.3 is 12.4 Å². The van der Waals surface area contributed by atoms with Crippen LogP contribution in [0.15, 0.2) is 36.4 Å².